The molecule has 1 N–H and O–H groups in total. The monoisotopic (exact) mass is 280 g/mol. The van der Waals surface area contributed by atoms with Crippen molar-refractivity contribution in [2.75, 3.05) is 11.9 Å². The zero-order chi connectivity index (χ0) is 13.2. The Morgan fingerprint density at radius 3 is 3.11 bits per heavy atom. The predicted molar refractivity (Wildman–Crippen MR) is 75.3 cm³/mol. The molecule has 3 atom stereocenters. The molecule has 0 amide bonds. The number of esters is 1. The lowest BCUT2D eigenvalue weighted by Crippen LogP contribution is -2.25. The summed E-state index contributed by atoms with van der Waals surface area (Å²) >= 11 is 1.59. The summed E-state index contributed by atoms with van der Waals surface area (Å²) in [7, 11) is 0. The summed E-state index contributed by atoms with van der Waals surface area (Å²) in [6.45, 7) is 2.25. The second-order valence-corrected chi connectivity index (χ2v) is 6.41. The molecule has 2 bridgehead atoms. The minimum Gasteiger partial charge on any atom is -0.466 e. The topological polar surface area (TPSA) is 51.2 Å². The van der Waals surface area contributed by atoms with Crippen LogP contribution in [0.5, 0.6) is 0 Å². The Morgan fingerprint density at radius 2 is 2.42 bits per heavy atom. The Bertz CT molecular complexity index is 460. The summed E-state index contributed by atoms with van der Waals surface area (Å²) in [4.78, 5) is 15.9. The molecule has 0 aliphatic heterocycles. The standard InChI is InChI=1S/C14H20N2O2S/c1-2-18-13(17)7-11-8-19-14(15-11)16-12-6-9-3-4-10(12)5-9/h8-10,12H,2-7H2,1H3,(H,15,16). The maximum atomic E-state index is 11.4. The SMILES string of the molecule is CCOC(=O)Cc1csc(NC2CC3CCC2C3)n1. The molecular weight excluding hydrogens is 260 g/mol. The first-order chi connectivity index (χ1) is 9.24. The van der Waals surface area contributed by atoms with Crippen LogP contribution in [0.25, 0.3) is 0 Å². The van der Waals surface area contributed by atoms with Crippen molar-refractivity contribution in [2.24, 2.45) is 11.8 Å². The van der Waals surface area contributed by atoms with Gasteiger partial charge in [0.15, 0.2) is 5.13 Å². The molecule has 0 spiro atoms. The van der Waals surface area contributed by atoms with Gasteiger partial charge in [-0.25, -0.2) is 4.98 Å². The molecule has 1 heterocycles. The van der Waals surface area contributed by atoms with Crippen molar-refractivity contribution in [2.45, 2.75) is 45.1 Å². The number of fused-ring (bicyclic) bond motifs is 2. The van der Waals surface area contributed by atoms with Crippen molar-refractivity contribution in [1.82, 2.24) is 4.98 Å². The van der Waals surface area contributed by atoms with Crippen molar-refractivity contribution in [3.8, 4) is 0 Å². The molecule has 0 aromatic carbocycles. The fourth-order valence-electron chi connectivity index (χ4n) is 3.39. The first kappa shape index (κ1) is 12.9. The van der Waals surface area contributed by atoms with E-state index < -0.39 is 0 Å². The first-order valence-corrected chi connectivity index (χ1v) is 7.99. The van der Waals surface area contributed by atoms with E-state index in [9.17, 15) is 4.79 Å². The van der Waals surface area contributed by atoms with Gasteiger partial charge in [-0.1, -0.05) is 6.42 Å². The summed E-state index contributed by atoms with van der Waals surface area (Å²) in [6.07, 6.45) is 5.73. The van der Waals surface area contributed by atoms with E-state index in [1.807, 2.05) is 12.3 Å². The number of hydrogen-bond acceptors (Lipinski definition) is 5. The summed E-state index contributed by atoms with van der Waals surface area (Å²) in [6, 6.07) is 0.598. The van der Waals surface area contributed by atoms with Gasteiger partial charge in [-0.3, -0.25) is 4.79 Å². The second-order valence-electron chi connectivity index (χ2n) is 5.55. The maximum absolute atomic E-state index is 11.4. The predicted octanol–water partition coefficient (Wildman–Crippen LogP) is 2.85. The van der Waals surface area contributed by atoms with Crippen LogP contribution in [0, 0.1) is 11.8 Å². The molecule has 4 nitrogen and oxygen atoms in total. The molecule has 1 aromatic heterocycles. The van der Waals surface area contributed by atoms with Gasteiger partial charge in [-0.05, 0) is 38.0 Å². The van der Waals surface area contributed by atoms with Crippen molar-refractivity contribution >= 4 is 22.4 Å². The number of hydrogen-bond donors (Lipinski definition) is 1. The Morgan fingerprint density at radius 1 is 1.53 bits per heavy atom. The molecule has 3 unspecified atom stereocenters. The minimum atomic E-state index is -0.195. The van der Waals surface area contributed by atoms with Crippen LogP contribution in [0.2, 0.25) is 0 Å². The van der Waals surface area contributed by atoms with E-state index in [-0.39, 0.29) is 12.4 Å². The summed E-state index contributed by atoms with van der Waals surface area (Å²) in [5, 5.41) is 6.46. The molecule has 3 rings (SSSR count). The average Bonchev–Trinajstić information content (AvgIpc) is 3.06. The van der Waals surface area contributed by atoms with Crippen molar-refractivity contribution < 1.29 is 9.53 Å². The smallest absolute Gasteiger partial charge is 0.311 e. The number of carbonyl (C=O) groups excluding carboxylic acids is 1. The van der Waals surface area contributed by atoms with E-state index in [1.54, 1.807) is 11.3 Å². The Balaban J connectivity index is 1.55. The van der Waals surface area contributed by atoms with Crippen LogP contribution in [0.3, 0.4) is 0 Å². The molecule has 2 aliphatic carbocycles. The highest BCUT2D eigenvalue weighted by Crippen LogP contribution is 2.45. The number of thiazole rings is 1. The Hall–Kier alpha value is -1.10. The lowest BCUT2D eigenvalue weighted by Gasteiger charge is -2.22. The van der Waals surface area contributed by atoms with E-state index in [0.717, 1.165) is 22.7 Å². The minimum absolute atomic E-state index is 0.195. The zero-order valence-electron chi connectivity index (χ0n) is 11.2. The number of anilines is 1. The Labute approximate surface area is 117 Å². The average molecular weight is 280 g/mol. The fraction of sp³-hybridized carbons (Fsp3) is 0.714. The van der Waals surface area contributed by atoms with Crippen LogP contribution in [0.1, 0.15) is 38.3 Å². The molecular formula is C14H20N2O2S. The number of nitrogens with one attached hydrogen (secondary N) is 1. The highest BCUT2D eigenvalue weighted by Gasteiger charge is 2.39. The molecule has 0 radical (unpaired) electrons. The molecule has 2 fully saturated rings. The van der Waals surface area contributed by atoms with Crippen LogP contribution in [-0.4, -0.2) is 23.6 Å². The van der Waals surface area contributed by atoms with Gasteiger partial charge in [0.1, 0.15) is 0 Å². The van der Waals surface area contributed by atoms with Crippen LogP contribution in [0.15, 0.2) is 5.38 Å². The normalized spacial score (nSPS) is 28.6. The van der Waals surface area contributed by atoms with Crippen LogP contribution in [0.4, 0.5) is 5.13 Å². The molecule has 0 saturated heterocycles. The third-order valence-corrected chi connectivity index (χ3v) is 5.05. The van der Waals surface area contributed by atoms with Crippen molar-refractivity contribution in [3.05, 3.63) is 11.1 Å². The van der Waals surface area contributed by atoms with Gasteiger partial charge in [0, 0.05) is 11.4 Å². The molecule has 19 heavy (non-hydrogen) atoms. The van der Waals surface area contributed by atoms with E-state index in [0.29, 0.717) is 12.6 Å². The zero-order valence-corrected chi connectivity index (χ0v) is 12.0. The number of nitrogens with zero attached hydrogens (tertiary/aromatic N) is 1. The number of ether oxygens (including phenoxy) is 1. The largest absolute Gasteiger partial charge is 0.466 e. The van der Waals surface area contributed by atoms with E-state index in [2.05, 4.69) is 10.3 Å². The van der Waals surface area contributed by atoms with E-state index in [1.165, 1.54) is 25.7 Å². The third kappa shape index (κ3) is 2.91. The molecule has 2 saturated carbocycles. The quantitative estimate of drug-likeness (QED) is 0.843. The second kappa shape index (κ2) is 5.49. The van der Waals surface area contributed by atoms with Crippen LogP contribution < -0.4 is 5.32 Å². The molecule has 1 aromatic rings. The van der Waals surface area contributed by atoms with Gasteiger partial charge < -0.3 is 10.1 Å². The number of rotatable bonds is 5. The highest BCUT2D eigenvalue weighted by atomic mass is 32.1. The molecule has 2 aliphatic rings. The number of aromatic nitrogens is 1. The van der Waals surface area contributed by atoms with Gasteiger partial charge in [0.2, 0.25) is 0 Å². The third-order valence-electron chi connectivity index (χ3n) is 4.23. The van der Waals surface area contributed by atoms with Gasteiger partial charge in [-0.15, -0.1) is 11.3 Å². The fourth-order valence-corrected chi connectivity index (χ4v) is 4.17. The summed E-state index contributed by atoms with van der Waals surface area (Å²) in [5.41, 5.74) is 0.814. The first-order valence-electron chi connectivity index (χ1n) is 7.11. The van der Waals surface area contributed by atoms with Crippen LogP contribution in [-0.2, 0) is 16.0 Å². The van der Waals surface area contributed by atoms with Gasteiger partial charge in [0.05, 0.1) is 18.7 Å². The lowest BCUT2D eigenvalue weighted by molar-refractivity contribution is -0.142. The maximum Gasteiger partial charge on any atom is 0.311 e. The summed E-state index contributed by atoms with van der Waals surface area (Å²) in [5.74, 6) is 1.57. The van der Waals surface area contributed by atoms with Gasteiger partial charge in [-0.2, -0.15) is 0 Å². The molecule has 5 heteroatoms. The van der Waals surface area contributed by atoms with Gasteiger partial charge >= 0.3 is 5.97 Å². The highest BCUT2D eigenvalue weighted by molar-refractivity contribution is 7.13. The number of carbonyl (C=O) groups is 1. The van der Waals surface area contributed by atoms with Crippen LogP contribution >= 0.6 is 11.3 Å². The molecule has 104 valence electrons. The van der Waals surface area contributed by atoms with Crippen molar-refractivity contribution in [1.29, 1.82) is 0 Å². The van der Waals surface area contributed by atoms with Gasteiger partial charge in [0.25, 0.3) is 0 Å². The van der Waals surface area contributed by atoms with E-state index >= 15 is 0 Å². The Kier molecular flexibility index (Phi) is 3.73. The lowest BCUT2D eigenvalue weighted by atomic mass is 9.96. The van der Waals surface area contributed by atoms with Crippen molar-refractivity contribution in [3.63, 3.8) is 0 Å². The van der Waals surface area contributed by atoms with E-state index in [4.69, 9.17) is 4.74 Å². The summed E-state index contributed by atoms with van der Waals surface area (Å²) < 4.78 is 4.93.